The van der Waals surface area contributed by atoms with Crippen LogP contribution < -0.4 is 30.2 Å². The van der Waals surface area contributed by atoms with Gasteiger partial charge in [-0.15, -0.1) is 0 Å². The number of fused-ring (bicyclic) bond motifs is 21. The molecule has 0 saturated heterocycles. The van der Waals surface area contributed by atoms with E-state index in [1.807, 2.05) is 82.2 Å². The summed E-state index contributed by atoms with van der Waals surface area (Å²) in [5.41, 5.74) is 2.42. The second kappa shape index (κ2) is 37.4. The van der Waals surface area contributed by atoms with Gasteiger partial charge in [-0.05, 0) is 296 Å². The van der Waals surface area contributed by atoms with Crippen molar-refractivity contribution >= 4 is 17.7 Å². The maximum atomic E-state index is 14.7. The fourth-order valence-electron chi connectivity index (χ4n) is 32.4. The number of aromatic nitrogens is 3. The molecular weight excluding hydrogens is 1550 g/mol. The number of methoxy groups -OCH3 is 9. The molecule has 12 saturated carbocycles. The number of rotatable bonds is 27. The van der Waals surface area contributed by atoms with Gasteiger partial charge in [0.25, 0.3) is 17.7 Å². The first-order chi connectivity index (χ1) is 59.2. The maximum absolute atomic E-state index is 14.7. The van der Waals surface area contributed by atoms with Crippen LogP contribution in [0.15, 0.2) is 36.4 Å². The van der Waals surface area contributed by atoms with E-state index in [1.165, 1.54) is 38.5 Å². The van der Waals surface area contributed by atoms with Crippen LogP contribution in [-0.2, 0) is 62.3 Å². The van der Waals surface area contributed by atoms with Gasteiger partial charge in [0.1, 0.15) is 34.3 Å². The lowest BCUT2D eigenvalue weighted by molar-refractivity contribution is -0.218. The quantitative estimate of drug-likeness (QED) is 0.0602. The summed E-state index contributed by atoms with van der Waals surface area (Å²) in [6.45, 7) is 23.9. The third-order valence-corrected chi connectivity index (χ3v) is 38.9. The van der Waals surface area contributed by atoms with E-state index in [-0.39, 0.29) is 106 Å². The number of hydrogen-bond donors (Lipinski definition) is 3. The number of pyridine rings is 3. The van der Waals surface area contributed by atoms with E-state index < -0.39 is 17.7 Å². The molecule has 123 heavy (non-hydrogen) atoms. The molecular formula is C102H156N6O15. The normalized spacial score (nSPS) is 42.0. The summed E-state index contributed by atoms with van der Waals surface area (Å²) in [4.78, 5) is 58.9. The SMILES string of the molecule is CO[C@@H]1CC[C@@]2(C)[C@@H](C1)C[C@@H](OC)[C@@H]1[C@@H]2C[C@H](OC)[C@]2(C)[C@@H]([C@H](C)CCCOc3cc4nc(c3)C(=O)NCc3cc(OCCC[C@@H](C)[C@H]5CC[C@H]6[C@@H]7[C@H](OC)C[C@@H]8C[C@H](OC)CC[C@]8(C)[C@H]7C[C@H](OC)[C@]56C)cc(n3)C(=O)NCc3cc(OCCC[C@@H](C)[C@H]5CC[C@H]6[C@@H]7[C@H](OC)C[C@@H]8C[C@H](OC)CC[C@]8(C)[C@H]7C[C@H](OC)[C@]56C)cc(n3)C(=O)NC4)CC[C@@H]12. The molecule has 0 spiro atoms. The first-order valence-corrected chi connectivity index (χ1v) is 48.7. The van der Waals surface area contributed by atoms with Crippen molar-refractivity contribution in [1.29, 1.82) is 0 Å². The Labute approximate surface area is 736 Å². The molecule has 0 aromatic carbocycles. The fourth-order valence-corrected chi connectivity index (χ4v) is 32.4. The first-order valence-electron chi connectivity index (χ1n) is 48.7. The average molecular weight is 1710 g/mol. The third kappa shape index (κ3) is 16.7. The molecule has 12 aliphatic carbocycles. The Balaban J connectivity index is 0.610. The molecule has 3 amide bonds. The van der Waals surface area contributed by atoms with Gasteiger partial charge in [-0.2, -0.15) is 0 Å². The van der Waals surface area contributed by atoms with Crippen LogP contribution in [0.5, 0.6) is 17.2 Å². The van der Waals surface area contributed by atoms with Crippen molar-refractivity contribution in [2.75, 3.05) is 83.8 Å². The molecule has 3 aromatic rings. The lowest BCUT2D eigenvalue weighted by Gasteiger charge is -2.64. The highest BCUT2D eigenvalue weighted by molar-refractivity contribution is 5.94. The van der Waals surface area contributed by atoms with Gasteiger partial charge >= 0.3 is 0 Å². The van der Waals surface area contributed by atoms with Crippen LogP contribution in [0.4, 0.5) is 0 Å². The Kier molecular flexibility index (Phi) is 27.7. The van der Waals surface area contributed by atoms with E-state index >= 15 is 0 Å². The van der Waals surface area contributed by atoms with E-state index in [2.05, 4.69) is 78.3 Å². The number of amides is 3. The van der Waals surface area contributed by atoms with Gasteiger partial charge in [-0.3, -0.25) is 14.4 Å². The Hall–Kier alpha value is -5.10. The summed E-state index contributed by atoms with van der Waals surface area (Å²) in [6, 6.07) is 10.5. The lowest BCUT2D eigenvalue weighted by Crippen LogP contribution is -2.63. The zero-order chi connectivity index (χ0) is 86.8. The number of carbonyl (C=O) groups excluding carboxylic acids is 3. The Morgan fingerprint density at radius 1 is 0.341 bits per heavy atom. The molecule has 0 radical (unpaired) electrons. The van der Waals surface area contributed by atoms with E-state index in [0.717, 1.165) is 135 Å². The molecule has 33 atom stereocenters. The number of ether oxygens (including phenoxy) is 12. The van der Waals surface area contributed by atoms with Crippen molar-refractivity contribution in [2.45, 2.75) is 310 Å². The standard InChI is InChI=1S/C102H156N6O15/c1-58(73-25-28-76-91-79(52-88(118-16)100(73,76)7)97(4)34-31-67(112-10)40-61(97)43-85(91)115-13)22-19-37-121-70-46-64-55-103-95(110)83-50-72(123-39-21-24-60(3)75-27-30-78-93-81(54-90(120-18)102(75,78)9)99(6)36-33-69(114-12)42-63(99)45-87(93)117-15)48-66(108-83)57-105-96(111)84-51-71(47-65(107-84)56-104-94(109)82(49-70)106-64)122-38-20-23-59(2)74-26-29-77-92-80(53-89(119-17)101(74,77)8)98(5)35-32-68(113-11)41-62(98)44-86(92)116-14/h46-51,58-63,67-69,73-81,85-93H,19-45,52-57H2,1-18H3,(H,103,110)(H,104,109)(H,105,111)/t58-,59-,60-,61+,62+,63+,67-,68-,69-,73-,74-,75-,76+,77+,78+,79+,80+,81+,85-,86-,87-,88+,89+,90+,91+,92+,93+,97+,98+,99+,100-,101-,102-/m1/s1. The zero-order valence-electron chi connectivity index (χ0n) is 78.4. The molecule has 13 aliphatic rings. The van der Waals surface area contributed by atoms with Gasteiger partial charge < -0.3 is 72.8 Å². The van der Waals surface area contributed by atoms with Gasteiger partial charge in [-0.1, -0.05) is 62.3 Å². The van der Waals surface area contributed by atoms with Gasteiger partial charge in [0, 0.05) is 117 Å². The number of hydrogen-bond acceptors (Lipinski definition) is 18. The molecule has 16 rings (SSSR count). The highest BCUT2D eigenvalue weighted by Crippen LogP contribution is 2.74. The van der Waals surface area contributed by atoms with Crippen LogP contribution in [0.2, 0.25) is 0 Å². The number of carbonyl (C=O) groups is 3. The largest absolute Gasteiger partial charge is 0.493 e. The van der Waals surface area contributed by atoms with Crippen LogP contribution in [0.1, 0.15) is 284 Å². The highest BCUT2D eigenvalue weighted by atomic mass is 16.5. The molecule has 4 heterocycles. The minimum Gasteiger partial charge on any atom is -0.493 e. The highest BCUT2D eigenvalue weighted by Gasteiger charge is 2.71. The molecule has 12 fully saturated rings. The van der Waals surface area contributed by atoms with Gasteiger partial charge in [-0.25, -0.2) is 15.0 Å². The summed E-state index contributed by atoms with van der Waals surface area (Å²) in [6.07, 6.45) is 31.3. The van der Waals surface area contributed by atoms with Crippen LogP contribution in [0.3, 0.4) is 0 Å². The van der Waals surface area contributed by atoms with Crippen molar-refractivity contribution in [3.8, 4) is 17.2 Å². The smallest absolute Gasteiger partial charge is 0.270 e. The van der Waals surface area contributed by atoms with Gasteiger partial charge in [0.2, 0.25) is 0 Å². The van der Waals surface area contributed by atoms with Crippen LogP contribution in [0.25, 0.3) is 0 Å². The van der Waals surface area contributed by atoms with Crippen molar-refractivity contribution in [3.05, 3.63) is 70.6 Å². The molecule has 0 unspecified atom stereocenters. The van der Waals surface area contributed by atoms with E-state index in [1.54, 1.807) is 18.2 Å². The summed E-state index contributed by atoms with van der Waals surface area (Å²) >= 11 is 0. The second-order valence-electron chi connectivity index (χ2n) is 43.4. The summed E-state index contributed by atoms with van der Waals surface area (Å²) in [5.74, 6) is 9.08. The molecule has 3 N–H and O–H groups in total. The number of nitrogens with one attached hydrogen (secondary N) is 3. The molecule has 6 bridgehead atoms. The Morgan fingerprint density at radius 2 is 0.618 bits per heavy atom. The minimum atomic E-state index is -0.463. The monoisotopic (exact) mass is 1710 g/mol. The topological polar surface area (TPSA) is 237 Å². The molecule has 684 valence electrons. The zero-order valence-corrected chi connectivity index (χ0v) is 78.4. The summed E-state index contributed by atoms with van der Waals surface area (Å²) in [5, 5.41) is 9.25. The number of nitrogens with zero attached hydrogens (tertiary/aromatic N) is 3. The Morgan fingerprint density at radius 3 is 0.870 bits per heavy atom. The second-order valence-corrected chi connectivity index (χ2v) is 43.4. The fraction of sp³-hybridized carbons (Fsp3) is 0.824. The summed E-state index contributed by atoms with van der Waals surface area (Å²) < 4.78 is 77.9. The van der Waals surface area contributed by atoms with Crippen LogP contribution in [0, 0.1) is 139 Å². The molecule has 21 nitrogen and oxygen atoms in total. The van der Waals surface area contributed by atoms with Gasteiger partial charge in [0.05, 0.1) is 111 Å². The van der Waals surface area contributed by atoms with Crippen LogP contribution >= 0.6 is 0 Å². The van der Waals surface area contributed by atoms with E-state index in [9.17, 15) is 14.4 Å². The van der Waals surface area contributed by atoms with Crippen molar-refractivity contribution < 1.29 is 71.2 Å². The van der Waals surface area contributed by atoms with Crippen molar-refractivity contribution in [1.82, 2.24) is 30.9 Å². The first kappa shape index (κ1) is 91.2. The molecule has 1 aliphatic heterocycles. The van der Waals surface area contributed by atoms with E-state index in [4.69, 9.17) is 71.8 Å². The molecule has 21 heteroatoms. The van der Waals surface area contributed by atoms with Crippen molar-refractivity contribution in [3.63, 3.8) is 0 Å². The van der Waals surface area contributed by atoms with Crippen molar-refractivity contribution in [2.24, 2.45) is 139 Å². The summed E-state index contributed by atoms with van der Waals surface area (Å²) in [7, 11) is 17.4. The van der Waals surface area contributed by atoms with E-state index in [0.29, 0.717) is 179 Å². The van der Waals surface area contributed by atoms with Gasteiger partial charge in [0.15, 0.2) is 0 Å². The lowest BCUT2D eigenvalue weighted by atomic mass is 9.43. The predicted octanol–water partition coefficient (Wildman–Crippen LogP) is 18.1. The third-order valence-electron chi connectivity index (χ3n) is 38.9. The predicted molar refractivity (Wildman–Crippen MR) is 473 cm³/mol. The van der Waals surface area contributed by atoms with Crippen LogP contribution in [-0.4, -0.2) is 171 Å². The maximum Gasteiger partial charge on any atom is 0.270 e. The Bertz CT molecular complexity index is 3750. The molecule has 3 aromatic heterocycles. The minimum absolute atomic E-state index is 0.00319. The average Bonchev–Trinajstić information content (AvgIpc) is 1.65.